The van der Waals surface area contributed by atoms with E-state index in [0.717, 1.165) is 53.7 Å². The Labute approximate surface area is 198 Å². The zero-order valence-electron chi connectivity index (χ0n) is 19.1. The maximum atomic E-state index is 13.7. The Hall–Kier alpha value is -3.56. The van der Waals surface area contributed by atoms with Gasteiger partial charge in [0.25, 0.3) is 0 Å². The highest BCUT2D eigenvalue weighted by molar-refractivity contribution is 5.91. The lowest BCUT2D eigenvalue weighted by atomic mass is 9.97. The molecule has 1 aromatic heterocycles. The molecule has 35 heavy (non-hydrogen) atoms. The number of urea groups is 1. The van der Waals surface area contributed by atoms with E-state index in [1.165, 1.54) is 0 Å². The van der Waals surface area contributed by atoms with E-state index in [1.54, 1.807) is 13.0 Å². The van der Waals surface area contributed by atoms with Gasteiger partial charge in [-0.15, -0.1) is 0 Å². The predicted molar refractivity (Wildman–Crippen MR) is 120 cm³/mol. The third kappa shape index (κ3) is 6.12. The molecule has 3 aromatic rings. The summed E-state index contributed by atoms with van der Waals surface area (Å²) in [6, 6.07) is 8.55. The number of para-hydroxylation sites is 1. The maximum absolute atomic E-state index is 13.7. The van der Waals surface area contributed by atoms with Crippen LogP contribution in [0.25, 0.3) is 0 Å². The standard InChI is InChI=1S/C25H23F6N3O/c1-14(2)18-7-4-6-15(3)20(18)33-23(35)34-21(16-9-11-17(12-10-16)24(26,27)28)22-19(25(29,30)31)8-5-13-32-22/h4-14,21H,1-3H3,(H2,33,34,35). The van der Waals surface area contributed by atoms with Gasteiger partial charge in [0.2, 0.25) is 0 Å². The Morgan fingerprint density at radius 3 is 2.11 bits per heavy atom. The minimum absolute atomic E-state index is 0.00576. The quantitative estimate of drug-likeness (QED) is 0.361. The highest BCUT2D eigenvalue weighted by atomic mass is 19.4. The highest BCUT2D eigenvalue weighted by Gasteiger charge is 2.37. The van der Waals surface area contributed by atoms with Gasteiger partial charge in [-0.1, -0.05) is 44.2 Å². The number of halogens is 6. The van der Waals surface area contributed by atoms with Crippen LogP contribution in [-0.2, 0) is 12.4 Å². The number of hydrogen-bond donors (Lipinski definition) is 2. The van der Waals surface area contributed by atoms with Crippen LogP contribution in [0.4, 0.5) is 36.8 Å². The molecule has 4 nitrogen and oxygen atoms in total. The van der Waals surface area contributed by atoms with Crippen LogP contribution in [0.2, 0.25) is 0 Å². The summed E-state index contributed by atoms with van der Waals surface area (Å²) in [6.45, 7) is 5.62. The number of aryl methyl sites for hydroxylation is 1. The second kappa shape index (κ2) is 9.97. The van der Waals surface area contributed by atoms with Gasteiger partial charge in [0.15, 0.2) is 0 Å². The molecule has 2 amide bonds. The van der Waals surface area contributed by atoms with Gasteiger partial charge in [-0.2, -0.15) is 26.3 Å². The molecule has 0 bridgehead atoms. The number of aromatic nitrogens is 1. The van der Waals surface area contributed by atoms with Crippen molar-refractivity contribution in [2.75, 3.05) is 5.32 Å². The van der Waals surface area contributed by atoms with Gasteiger partial charge in [0, 0.05) is 11.9 Å². The third-order valence-electron chi connectivity index (χ3n) is 5.43. The number of nitrogens with zero attached hydrogens (tertiary/aromatic N) is 1. The number of carbonyl (C=O) groups excluding carboxylic acids is 1. The van der Waals surface area contributed by atoms with Crippen molar-refractivity contribution in [2.24, 2.45) is 0 Å². The van der Waals surface area contributed by atoms with Crippen LogP contribution in [0.3, 0.4) is 0 Å². The largest absolute Gasteiger partial charge is 0.418 e. The van der Waals surface area contributed by atoms with E-state index in [9.17, 15) is 31.1 Å². The monoisotopic (exact) mass is 495 g/mol. The van der Waals surface area contributed by atoms with Gasteiger partial charge >= 0.3 is 18.4 Å². The van der Waals surface area contributed by atoms with Crippen LogP contribution in [0.1, 0.15) is 59.3 Å². The van der Waals surface area contributed by atoms with Crippen molar-refractivity contribution in [1.29, 1.82) is 0 Å². The molecule has 0 aliphatic carbocycles. The average Bonchev–Trinajstić information content (AvgIpc) is 2.77. The van der Waals surface area contributed by atoms with Gasteiger partial charge in [-0.05, 0) is 53.8 Å². The fourth-order valence-electron chi connectivity index (χ4n) is 3.68. The summed E-state index contributed by atoms with van der Waals surface area (Å²) in [6.07, 6.45) is -8.30. The Morgan fingerprint density at radius 2 is 1.54 bits per heavy atom. The van der Waals surface area contributed by atoms with E-state index >= 15 is 0 Å². The first-order valence-electron chi connectivity index (χ1n) is 10.6. The Balaban J connectivity index is 2.03. The maximum Gasteiger partial charge on any atom is 0.418 e. The van der Waals surface area contributed by atoms with Gasteiger partial charge in [-0.3, -0.25) is 4.98 Å². The summed E-state index contributed by atoms with van der Waals surface area (Å²) in [7, 11) is 0. The molecule has 2 aromatic carbocycles. The molecule has 0 radical (unpaired) electrons. The summed E-state index contributed by atoms with van der Waals surface area (Å²) in [5.41, 5.74) is -0.545. The Bertz CT molecular complexity index is 1190. The number of pyridine rings is 1. The SMILES string of the molecule is Cc1cccc(C(C)C)c1NC(=O)NC(c1ccc(C(F)(F)F)cc1)c1ncccc1C(F)(F)F. The van der Waals surface area contributed by atoms with E-state index in [1.807, 2.05) is 26.0 Å². The van der Waals surface area contributed by atoms with Crippen molar-refractivity contribution < 1.29 is 31.1 Å². The predicted octanol–water partition coefficient (Wildman–Crippen LogP) is 7.46. The molecular weight excluding hydrogens is 472 g/mol. The molecule has 0 spiro atoms. The topological polar surface area (TPSA) is 54.0 Å². The summed E-state index contributed by atoms with van der Waals surface area (Å²) in [5.74, 6) is 0.0449. The molecule has 10 heteroatoms. The van der Waals surface area contributed by atoms with Crippen LogP contribution in [0, 0.1) is 6.92 Å². The molecule has 0 aliphatic rings. The molecule has 1 unspecified atom stereocenters. The Morgan fingerprint density at radius 1 is 0.886 bits per heavy atom. The first-order chi connectivity index (χ1) is 16.3. The molecule has 2 N–H and O–H groups in total. The van der Waals surface area contributed by atoms with Crippen LogP contribution in [-0.4, -0.2) is 11.0 Å². The van der Waals surface area contributed by atoms with E-state index < -0.39 is 41.2 Å². The normalized spacial score (nSPS) is 13.0. The molecule has 1 heterocycles. The van der Waals surface area contributed by atoms with Gasteiger partial charge in [0.1, 0.15) is 0 Å². The molecule has 1 atom stereocenters. The second-order valence-electron chi connectivity index (χ2n) is 8.28. The summed E-state index contributed by atoms with van der Waals surface area (Å²) >= 11 is 0. The average molecular weight is 495 g/mol. The summed E-state index contributed by atoms with van der Waals surface area (Å²) in [5, 5.41) is 5.15. The number of nitrogens with one attached hydrogen (secondary N) is 2. The number of rotatable bonds is 5. The van der Waals surface area contributed by atoms with Crippen molar-refractivity contribution in [2.45, 2.75) is 45.1 Å². The molecule has 0 fully saturated rings. The second-order valence-corrected chi connectivity index (χ2v) is 8.28. The van der Waals surface area contributed by atoms with E-state index in [-0.39, 0.29) is 11.5 Å². The molecule has 186 valence electrons. The number of benzene rings is 2. The molecular formula is C25H23F6N3O. The van der Waals surface area contributed by atoms with Crippen molar-refractivity contribution in [3.8, 4) is 0 Å². The van der Waals surface area contributed by atoms with Crippen LogP contribution in [0.5, 0.6) is 0 Å². The third-order valence-corrected chi connectivity index (χ3v) is 5.43. The summed E-state index contributed by atoms with van der Waals surface area (Å²) in [4.78, 5) is 16.8. The molecule has 0 saturated heterocycles. The molecule has 3 rings (SSSR count). The minimum Gasteiger partial charge on any atom is -0.325 e. The van der Waals surface area contributed by atoms with Gasteiger partial charge < -0.3 is 10.6 Å². The zero-order valence-corrected chi connectivity index (χ0v) is 19.1. The summed E-state index contributed by atoms with van der Waals surface area (Å²) < 4.78 is 80.2. The van der Waals surface area contributed by atoms with Crippen molar-refractivity contribution in [3.63, 3.8) is 0 Å². The smallest absolute Gasteiger partial charge is 0.325 e. The number of anilines is 1. The Kier molecular flexibility index (Phi) is 7.42. The van der Waals surface area contributed by atoms with Crippen LogP contribution >= 0.6 is 0 Å². The lowest BCUT2D eigenvalue weighted by molar-refractivity contribution is -0.139. The first-order valence-corrected chi connectivity index (χ1v) is 10.6. The molecule has 0 aliphatic heterocycles. The number of alkyl halides is 6. The van der Waals surface area contributed by atoms with Gasteiger partial charge in [0.05, 0.1) is 22.9 Å². The van der Waals surface area contributed by atoms with Gasteiger partial charge in [-0.25, -0.2) is 4.79 Å². The van der Waals surface area contributed by atoms with E-state index in [2.05, 4.69) is 15.6 Å². The highest BCUT2D eigenvalue weighted by Crippen LogP contribution is 2.37. The van der Waals surface area contributed by atoms with E-state index in [4.69, 9.17) is 0 Å². The first kappa shape index (κ1) is 26.1. The fourth-order valence-corrected chi connectivity index (χ4v) is 3.68. The van der Waals surface area contributed by atoms with Crippen molar-refractivity contribution in [3.05, 3.63) is 94.3 Å². The lowest BCUT2D eigenvalue weighted by Crippen LogP contribution is -2.35. The zero-order chi connectivity index (χ0) is 26.0. The van der Waals surface area contributed by atoms with Crippen LogP contribution < -0.4 is 10.6 Å². The lowest BCUT2D eigenvalue weighted by Gasteiger charge is -2.24. The number of carbonyl (C=O) groups is 1. The minimum atomic E-state index is -4.80. The fraction of sp³-hybridized carbons (Fsp3) is 0.280. The number of hydrogen-bond acceptors (Lipinski definition) is 2. The van der Waals surface area contributed by atoms with Crippen molar-refractivity contribution in [1.82, 2.24) is 10.3 Å². The van der Waals surface area contributed by atoms with Crippen LogP contribution in [0.15, 0.2) is 60.8 Å². The molecule has 0 saturated carbocycles. The number of amides is 2. The van der Waals surface area contributed by atoms with E-state index in [0.29, 0.717) is 5.69 Å². The van der Waals surface area contributed by atoms with Crippen molar-refractivity contribution >= 4 is 11.7 Å².